The molecule has 4 nitrogen and oxygen atoms in total. The van der Waals surface area contributed by atoms with E-state index in [1.165, 1.54) is 5.56 Å². The molecule has 0 saturated carbocycles. The first-order valence-electron chi connectivity index (χ1n) is 8.90. The highest BCUT2D eigenvalue weighted by molar-refractivity contribution is 9.10. The molecule has 26 heavy (non-hydrogen) atoms. The van der Waals surface area contributed by atoms with E-state index in [9.17, 15) is 4.79 Å². The number of amides is 1. The highest BCUT2D eigenvalue weighted by Gasteiger charge is 2.36. The molecule has 1 heterocycles. The van der Waals surface area contributed by atoms with Gasteiger partial charge in [-0.15, -0.1) is 0 Å². The highest BCUT2D eigenvalue weighted by Crippen LogP contribution is 2.33. The van der Waals surface area contributed by atoms with Crippen molar-refractivity contribution in [1.29, 1.82) is 0 Å². The molecule has 1 atom stereocenters. The number of hydrogen-bond acceptors (Lipinski definition) is 3. The Labute approximate surface area is 163 Å². The van der Waals surface area contributed by atoms with Crippen LogP contribution in [0, 0.1) is 0 Å². The Morgan fingerprint density at radius 2 is 2.00 bits per heavy atom. The summed E-state index contributed by atoms with van der Waals surface area (Å²) in [5.41, 5.74) is 7.26. The maximum absolute atomic E-state index is 11.7. The van der Waals surface area contributed by atoms with Gasteiger partial charge in [0.25, 0.3) is 5.91 Å². The second kappa shape index (κ2) is 7.80. The molecule has 1 amide bonds. The van der Waals surface area contributed by atoms with Crippen LogP contribution < -0.4 is 10.5 Å². The number of carbonyl (C=O) groups is 1. The third kappa shape index (κ3) is 4.46. The minimum absolute atomic E-state index is 0.0149. The molecule has 0 aromatic heterocycles. The molecular weight excluding hydrogens is 392 g/mol. The number of primary amides is 1. The Hall–Kier alpha value is -1.85. The lowest BCUT2D eigenvalue weighted by molar-refractivity contribution is 0.00324. The molecule has 2 N–H and O–H groups in total. The third-order valence-corrected chi connectivity index (χ3v) is 5.51. The van der Waals surface area contributed by atoms with E-state index in [-0.39, 0.29) is 11.6 Å². The molecule has 1 unspecified atom stereocenters. The van der Waals surface area contributed by atoms with Gasteiger partial charge in [0.1, 0.15) is 11.9 Å². The Bertz CT molecular complexity index is 777. The maximum Gasteiger partial charge on any atom is 0.252 e. The van der Waals surface area contributed by atoms with E-state index in [1.54, 1.807) is 6.07 Å². The quantitative estimate of drug-likeness (QED) is 0.786. The van der Waals surface area contributed by atoms with Crippen LogP contribution in [-0.4, -0.2) is 29.0 Å². The summed E-state index contributed by atoms with van der Waals surface area (Å²) < 4.78 is 7.00. The molecule has 1 aliphatic rings. The van der Waals surface area contributed by atoms with E-state index in [2.05, 4.69) is 58.9 Å². The van der Waals surface area contributed by atoms with Crippen molar-refractivity contribution >= 4 is 21.8 Å². The van der Waals surface area contributed by atoms with Gasteiger partial charge in [-0.25, -0.2) is 0 Å². The number of hydrogen-bond donors (Lipinski definition) is 1. The zero-order chi connectivity index (χ0) is 18.7. The molecule has 2 aromatic carbocycles. The molecule has 0 radical (unpaired) electrons. The van der Waals surface area contributed by atoms with Gasteiger partial charge in [0.15, 0.2) is 0 Å². The Kier molecular flexibility index (Phi) is 5.68. The fraction of sp³-hybridized carbons (Fsp3) is 0.381. The summed E-state index contributed by atoms with van der Waals surface area (Å²) in [5.74, 6) is 0.0973. The van der Waals surface area contributed by atoms with Crippen LogP contribution in [0.5, 0.6) is 5.75 Å². The van der Waals surface area contributed by atoms with Crippen LogP contribution in [0.15, 0.2) is 53.0 Å². The second-order valence-corrected chi connectivity index (χ2v) is 8.37. The maximum atomic E-state index is 11.7. The molecule has 0 spiro atoms. The molecule has 1 aliphatic heterocycles. The Morgan fingerprint density at radius 3 is 2.65 bits per heavy atom. The number of halogens is 1. The van der Waals surface area contributed by atoms with E-state index < -0.39 is 5.91 Å². The topological polar surface area (TPSA) is 55.6 Å². The van der Waals surface area contributed by atoms with Crippen molar-refractivity contribution in [2.45, 2.75) is 44.9 Å². The van der Waals surface area contributed by atoms with Crippen molar-refractivity contribution in [1.82, 2.24) is 4.90 Å². The van der Waals surface area contributed by atoms with Crippen LogP contribution in [0.25, 0.3) is 0 Å². The average Bonchev–Trinajstić information content (AvgIpc) is 2.59. The molecule has 0 aliphatic carbocycles. The number of ether oxygens (including phenoxy) is 1. The molecule has 1 saturated heterocycles. The molecule has 2 aromatic rings. The largest absolute Gasteiger partial charge is 0.489 e. The number of carbonyl (C=O) groups excluding carboxylic acids is 1. The molecule has 1 fully saturated rings. The number of nitrogens with zero attached hydrogens (tertiary/aromatic N) is 1. The Balaban J connectivity index is 1.69. The summed E-state index contributed by atoms with van der Waals surface area (Å²) in [6, 6.07) is 15.9. The van der Waals surface area contributed by atoms with Gasteiger partial charge in [-0.3, -0.25) is 9.69 Å². The van der Waals surface area contributed by atoms with Crippen LogP contribution in [-0.2, 0) is 6.54 Å². The van der Waals surface area contributed by atoms with Gasteiger partial charge in [0.2, 0.25) is 0 Å². The van der Waals surface area contributed by atoms with Crippen molar-refractivity contribution in [3.05, 3.63) is 64.1 Å². The summed E-state index contributed by atoms with van der Waals surface area (Å²) in [7, 11) is 0. The molecule has 0 bridgehead atoms. The van der Waals surface area contributed by atoms with E-state index in [4.69, 9.17) is 10.5 Å². The van der Waals surface area contributed by atoms with Gasteiger partial charge in [-0.05, 0) is 44.0 Å². The SMILES string of the molecule is CC1(C)CC(Oc2ccc(Br)cc2C(N)=O)CCN1Cc1ccccc1. The number of piperidine rings is 1. The van der Waals surface area contributed by atoms with Gasteiger partial charge >= 0.3 is 0 Å². The lowest BCUT2D eigenvalue weighted by Gasteiger charge is -2.45. The zero-order valence-electron chi connectivity index (χ0n) is 15.2. The van der Waals surface area contributed by atoms with Gasteiger partial charge < -0.3 is 10.5 Å². The summed E-state index contributed by atoms with van der Waals surface area (Å²) in [5, 5.41) is 0. The average molecular weight is 417 g/mol. The monoisotopic (exact) mass is 416 g/mol. The highest BCUT2D eigenvalue weighted by atomic mass is 79.9. The zero-order valence-corrected chi connectivity index (χ0v) is 16.8. The van der Waals surface area contributed by atoms with E-state index >= 15 is 0 Å². The molecule has 138 valence electrons. The predicted octanol–water partition coefficient (Wildman–Crippen LogP) is 4.37. The van der Waals surface area contributed by atoms with Gasteiger partial charge in [0.05, 0.1) is 5.56 Å². The standard InChI is InChI=1S/C21H25BrN2O2/c1-21(2)13-17(10-11-24(21)14-15-6-4-3-5-7-15)26-19-9-8-16(22)12-18(19)20(23)25/h3-9,12,17H,10-11,13-14H2,1-2H3,(H2,23,25). The van der Waals surface area contributed by atoms with Crippen LogP contribution in [0.4, 0.5) is 0 Å². The summed E-state index contributed by atoms with van der Waals surface area (Å²) >= 11 is 3.38. The minimum Gasteiger partial charge on any atom is -0.489 e. The van der Waals surface area contributed by atoms with Crippen molar-refractivity contribution in [3.8, 4) is 5.75 Å². The first kappa shape index (κ1) is 18.9. The van der Waals surface area contributed by atoms with E-state index in [0.29, 0.717) is 11.3 Å². The van der Waals surface area contributed by atoms with Crippen LogP contribution in [0.1, 0.15) is 42.6 Å². The summed E-state index contributed by atoms with van der Waals surface area (Å²) in [6.07, 6.45) is 1.88. The molecular formula is C21H25BrN2O2. The van der Waals surface area contributed by atoms with Gasteiger partial charge in [-0.1, -0.05) is 46.3 Å². The lowest BCUT2D eigenvalue weighted by atomic mass is 9.88. The number of nitrogens with two attached hydrogens (primary N) is 1. The normalized spacial score (nSPS) is 19.9. The first-order valence-corrected chi connectivity index (χ1v) is 9.69. The van der Waals surface area contributed by atoms with Crippen LogP contribution in [0.3, 0.4) is 0 Å². The van der Waals surface area contributed by atoms with Crippen molar-refractivity contribution in [2.24, 2.45) is 5.73 Å². The predicted molar refractivity (Wildman–Crippen MR) is 107 cm³/mol. The van der Waals surface area contributed by atoms with E-state index in [0.717, 1.165) is 30.4 Å². The number of likely N-dealkylation sites (tertiary alicyclic amines) is 1. The summed E-state index contributed by atoms with van der Waals surface area (Å²) in [4.78, 5) is 14.2. The fourth-order valence-electron chi connectivity index (χ4n) is 3.57. The fourth-order valence-corrected chi connectivity index (χ4v) is 3.93. The molecule has 5 heteroatoms. The van der Waals surface area contributed by atoms with Gasteiger partial charge in [-0.2, -0.15) is 0 Å². The lowest BCUT2D eigenvalue weighted by Crippen LogP contribution is -2.52. The van der Waals surface area contributed by atoms with E-state index in [1.807, 2.05) is 18.2 Å². The smallest absolute Gasteiger partial charge is 0.252 e. The first-order chi connectivity index (χ1) is 12.3. The van der Waals surface area contributed by atoms with Crippen LogP contribution >= 0.6 is 15.9 Å². The summed E-state index contributed by atoms with van der Waals surface area (Å²) in [6.45, 7) is 6.39. The second-order valence-electron chi connectivity index (χ2n) is 7.46. The Morgan fingerprint density at radius 1 is 1.27 bits per heavy atom. The molecule has 3 rings (SSSR count). The van der Waals surface area contributed by atoms with Crippen LogP contribution in [0.2, 0.25) is 0 Å². The van der Waals surface area contributed by atoms with Crippen molar-refractivity contribution in [3.63, 3.8) is 0 Å². The van der Waals surface area contributed by atoms with Gasteiger partial charge in [0, 0.05) is 29.5 Å². The number of rotatable bonds is 5. The minimum atomic E-state index is -0.470. The number of benzene rings is 2. The van der Waals surface area contributed by atoms with Crippen molar-refractivity contribution in [2.75, 3.05) is 6.54 Å². The van der Waals surface area contributed by atoms with Crippen molar-refractivity contribution < 1.29 is 9.53 Å². The third-order valence-electron chi connectivity index (χ3n) is 5.02.